The van der Waals surface area contributed by atoms with Crippen LogP contribution < -0.4 is 0 Å². The van der Waals surface area contributed by atoms with Gasteiger partial charge in [0.1, 0.15) is 5.82 Å². The standard InChI is InChI=1S/C14H10ClFO2S/c15-13(14(17)18)11-3-1-2-4-12(11)19-10-7-5-9(16)6-8-10/h1-8,13H,(H,17,18). The summed E-state index contributed by atoms with van der Waals surface area (Å²) in [7, 11) is 0. The zero-order chi connectivity index (χ0) is 13.8. The van der Waals surface area contributed by atoms with Crippen molar-refractivity contribution in [2.75, 3.05) is 0 Å². The molecule has 0 aliphatic rings. The van der Waals surface area contributed by atoms with Crippen LogP contribution in [0.15, 0.2) is 58.3 Å². The second-order valence-corrected chi connectivity index (χ2v) is 5.35. The maximum absolute atomic E-state index is 12.8. The van der Waals surface area contributed by atoms with E-state index < -0.39 is 11.3 Å². The molecule has 0 amide bonds. The van der Waals surface area contributed by atoms with E-state index in [1.807, 2.05) is 0 Å². The molecule has 1 atom stereocenters. The Morgan fingerprint density at radius 2 is 1.79 bits per heavy atom. The van der Waals surface area contributed by atoms with Gasteiger partial charge in [0.2, 0.25) is 0 Å². The third kappa shape index (κ3) is 3.49. The Morgan fingerprint density at radius 3 is 2.42 bits per heavy atom. The molecule has 0 aromatic heterocycles. The van der Waals surface area contributed by atoms with Crippen LogP contribution in [0.25, 0.3) is 0 Å². The largest absolute Gasteiger partial charge is 0.480 e. The molecule has 0 fully saturated rings. The summed E-state index contributed by atoms with van der Waals surface area (Å²) in [5.74, 6) is -1.40. The van der Waals surface area contributed by atoms with Gasteiger partial charge in [-0.3, -0.25) is 4.79 Å². The number of benzene rings is 2. The lowest BCUT2D eigenvalue weighted by molar-refractivity contribution is -0.136. The predicted molar refractivity (Wildman–Crippen MR) is 73.2 cm³/mol. The molecular weight excluding hydrogens is 287 g/mol. The minimum atomic E-state index is -1.09. The topological polar surface area (TPSA) is 37.3 Å². The molecule has 0 radical (unpaired) electrons. The number of carboxylic acid groups (broad SMARTS) is 1. The van der Waals surface area contributed by atoms with Crippen molar-refractivity contribution < 1.29 is 14.3 Å². The van der Waals surface area contributed by atoms with E-state index in [1.165, 1.54) is 23.9 Å². The van der Waals surface area contributed by atoms with Gasteiger partial charge in [-0.2, -0.15) is 0 Å². The monoisotopic (exact) mass is 296 g/mol. The van der Waals surface area contributed by atoms with Gasteiger partial charge in [0.05, 0.1) is 0 Å². The van der Waals surface area contributed by atoms with Gasteiger partial charge in [0, 0.05) is 9.79 Å². The predicted octanol–water partition coefficient (Wildman–Crippen LogP) is 4.34. The average Bonchev–Trinajstić information content (AvgIpc) is 2.41. The highest BCUT2D eigenvalue weighted by molar-refractivity contribution is 7.99. The van der Waals surface area contributed by atoms with Crippen molar-refractivity contribution >= 4 is 29.3 Å². The molecule has 0 saturated heterocycles. The number of aliphatic carboxylic acids is 1. The second kappa shape index (κ2) is 6.08. The van der Waals surface area contributed by atoms with Crippen LogP contribution in [-0.4, -0.2) is 11.1 Å². The van der Waals surface area contributed by atoms with Crippen LogP contribution in [0.5, 0.6) is 0 Å². The molecule has 2 aromatic carbocycles. The van der Waals surface area contributed by atoms with Crippen LogP contribution in [0.2, 0.25) is 0 Å². The number of halogens is 2. The minimum Gasteiger partial charge on any atom is -0.480 e. The molecule has 2 rings (SSSR count). The molecule has 0 spiro atoms. The van der Waals surface area contributed by atoms with Crippen molar-refractivity contribution in [2.45, 2.75) is 15.2 Å². The van der Waals surface area contributed by atoms with E-state index in [-0.39, 0.29) is 5.82 Å². The van der Waals surface area contributed by atoms with Crippen LogP contribution in [-0.2, 0) is 4.79 Å². The SMILES string of the molecule is O=C(O)C(Cl)c1ccccc1Sc1ccc(F)cc1. The van der Waals surface area contributed by atoms with Crippen LogP contribution in [0, 0.1) is 5.82 Å². The molecule has 1 unspecified atom stereocenters. The summed E-state index contributed by atoms with van der Waals surface area (Å²) < 4.78 is 12.8. The van der Waals surface area contributed by atoms with Crippen LogP contribution in [0.4, 0.5) is 4.39 Å². The van der Waals surface area contributed by atoms with E-state index in [9.17, 15) is 9.18 Å². The molecule has 0 heterocycles. The molecule has 0 bridgehead atoms. The lowest BCUT2D eigenvalue weighted by Gasteiger charge is -2.11. The van der Waals surface area contributed by atoms with Crippen molar-refractivity contribution in [1.82, 2.24) is 0 Å². The summed E-state index contributed by atoms with van der Waals surface area (Å²) in [6, 6.07) is 13.0. The summed E-state index contributed by atoms with van der Waals surface area (Å²) in [6.07, 6.45) is 0. The third-order valence-corrected chi connectivity index (χ3v) is 3.97. The third-order valence-electron chi connectivity index (χ3n) is 2.45. The second-order valence-electron chi connectivity index (χ2n) is 3.79. The maximum atomic E-state index is 12.8. The van der Waals surface area contributed by atoms with Crippen LogP contribution in [0.1, 0.15) is 10.9 Å². The van der Waals surface area contributed by atoms with Gasteiger partial charge in [-0.05, 0) is 35.9 Å². The number of alkyl halides is 1. The number of carboxylic acids is 1. The fraction of sp³-hybridized carbons (Fsp3) is 0.0714. The Labute approximate surface area is 119 Å². The molecule has 2 nitrogen and oxygen atoms in total. The van der Waals surface area contributed by atoms with E-state index in [1.54, 1.807) is 36.4 Å². The van der Waals surface area contributed by atoms with E-state index in [0.717, 1.165) is 9.79 Å². The van der Waals surface area contributed by atoms with Crippen molar-refractivity contribution in [2.24, 2.45) is 0 Å². The number of rotatable bonds is 4. The van der Waals surface area contributed by atoms with Gasteiger partial charge >= 0.3 is 5.97 Å². The minimum absolute atomic E-state index is 0.307. The first-order valence-electron chi connectivity index (χ1n) is 5.47. The number of carbonyl (C=O) groups is 1. The molecule has 1 N–H and O–H groups in total. The molecule has 0 aliphatic heterocycles. The highest BCUT2D eigenvalue weighted by atomic mass is 35.5. The fourth-order valence-electron chi connectivity index (χ4n) is 1.55. The molecule has 2 aromatic rings. The lowest BCUT2D eigenvalue weighted by atomic mass is 10.1. The van der Waals surface area contributed by atoms with Crippen LogP contribution in [0.3, 0.4) is 0 Å². The molecule has 0 aliphatic carbocycles. The van der Waals surface area contributed by atoms with Crippen LogP contribution >= 0.6 is 23.4 Å². The Balaban J connectivity index is 2.30. The van der Waals surface area contributed by atoms with Crippen molar-refractivity contribution in [3.63, 3.8) is 0 Å². The van der Waals surface area contributed by atoms with Gasteiger partial charge in [-0.1, -0.05) is 30.0 Å². The normalized spacial score (nSPS) is 12.1. The molecule has 5 heteroatoms. The highest BCUT2D eigenvalue weighted by Gasteiger charge is 2.19. The Kier molecular flexibility index (Phi) is 4.45. The van der Waals surface area contributed by atoms with Gasteiger partial charge in [0.15, 0.2) is 5.38 Å². The number of hydrogen-bond acceptors (Lipinski definition) is 2. The lowest BCUT2D eigenvalue weighted by Crippen LogP contribution is -2.05. The first-order valence-corrected chi connectivity index (χ1v) is 6.72. The summed E-state index contributed by atoms with van der Waals surface area (Å²) in [5.41, 5.74) is 0.533. The quantitative estimate of drug-likeness (QED) is 0.853. The van der Waals surface area contributed by atoms with Gasteiger partial charge in [0.25, 0.3) is 0 Å². The van der Waals surface area contributed by atoms with Gasteiger partial charge < -0.3 is 5.11 Å². The van der Waals surface area contributed by atoms with Crippen molar-refractivity contribution in [3.8, 4) is 0 Å². The summed E-state index contributed by atoms with van der Waals surface area (Å²) in [4.78, 5) is 12.5. The molecular formula is C14H10ClFO2S. The number of hydrogen-bond donors (Lipinski definition) is 1. The van der Waals surface area contributed by atoms with Crippen molar-refractivity contribution in [3.05, 3.63) is 59.9 Å². The Bertz CT molecular complexity index is 586. The summed E-state index contributed by atoms with van der Waals surface area (Å²) >= 11 is 7.22. The van der Waals surface area contributed by atoms with Gasteiger partial charge in [-0.15, -0.1) is 11.6 Å². The van der Waals surface area contributed by atoms with Crippen molar-refractivity contribution in [1.29, 1.82) is 0 Å². The molecule has 98 valence electrons. The average molecular weight is 297 g/mol. The first-order chi connectivity index (χ1) is 9.08. The fourth-order valence-corrected chi connectivity index (χ4v) is 2.78. The van der Waals surface area contributed by atoms with E-state index in [2.05, 4.69) is 0 Å². The highest BCUT2D eigenvalue weighted by Crippen LogP contribution is 2.35. The van der Waals surface area contributed by atoms with E-state index >= 15 is 0 Å². The zero-order valence-electron chi connectivity index (χ0n) is 9.72. The van der Waals surface area contributed by atoms with Gasteiger partial charge in [-0.25, -0.2) is 4.39 Å². The summed E-state index contributed by atoms with van der Waals surface area (Å²) in [6.45, 7) is 0. The Hall–Kier alpha value is -1.52. The van der Waals surface area contributed by atoms with E-state index in [0.29, 0.717) is 5.56 Å². The maximum Gasteiger partial charge on any atom is 0.326 e. The van der Waals surface area contributed by atoms with E-state index in [4.69, 9.17) is 16.7 Å². The smallest absolute Gasteiger partial charge is 0.326 e. The first kappa shape index (κ1) is 13.9. The molecule has 0 saturated carbocycles. The molecule has 19 heavy (non-hydrogen) atoms. The zero-order valence-corrected chi connectivity index (χ0v) is 11.3. The Morgan fingerprint density at radius 1 is 1.16 bits per heavy atom. The summed E-state index contributed by atoms with van der Waals surface area (Å²) in [5, 5.41) is 7.88.